The Balaban J connectivity index is 1.14. The smallest absolute Gasteiger partial charge is 0.252 e. The highest BCUT2D eigenvalue weighted by Gasteiger charge is 2.45. The zero-order valence-corrected chi connectivity index (χ0v) is 38.2. The van der Waals surface area contributed by atoms with Crippen LogP contribution < -0.4 is 31.1 Å². The first-order chi connectivity index (χ1) is 34.7. The summed E-state index contributed by atoms with van der Waals surface area (Å²) in [6, 6.07) is 95.0. The van der Waals surface area contributed by atoms with Gasteiger partial charge in [0, 0.05) is 55.7 Å². The maximum absolute atomic E-state index is 2.62. The summed E-state index contributed by atoms with van der Waals surface area (Å²) in [5.74, 6) is 0. The van der Waals surface area contributed by atoms with Gasteiger partial charge in [0.2, 0.25) is 0 Å². The number of fused-ring (bicyclic) bond motifs is 12. The zero-order chi connectivity index (χ0) is 45.9. The molecule has 0 aliphatic carbocycles. The largest absolute Gasteiger partial charge is 0.310 e. The summed E-state index contributed by atoms with van der Waals surface area (Å²) in [5.41, 5.74) is 14.2. The van der Waals surface area contributed by atoms with E-state index in [0.29, 0.717) is 0 Å². The minimum absolute atomic E-state index is 0.0782. The lowest BCUT2D eigenvalue weighted by molar-refractivity contribution is 1.24. The highest BCUT2D eigenvalue weighted by molar-refractivity contribution is 7.01. The first-order valence-corrected chi connectivity index (χ1v) is 24.3. The first kappa shape index (κ1) is 38.9. The molecule has 0 radical (unpaired) electrons. The van der Waals surface area contributed by atoms with Gasteiger partial charge in [-0.15, -0.1) is 0 Å². The Bertz CT molecular complexity index is 4030. The Morgan fingerprint density at radius 1 is 0.257 bits per heavy atom. The van der Waals surface area contributed by atoms with E-state index in [9.17, 15) is 0 Å². The molecule has 2 heterocycles. The van der Waals surface area contributed by atoms with Crippen LogP contribution in [-0.2, 0) is 0 Å². The van der Waals surface area contributed by atoms with Gasteiger partial charge in [0.25, 0.3) is 6.71 Å². The van der Waals surface area contributed by atoms with Crippen LogP contribution in [0.15, 0.2) is 255 Å². The fourth-order valence-electron chi connectivity index (χ4n) is 12.0. The lowest BCUT2D eigenvalue weighted by atomic mass is 9.33. The third kappa shape index (κ3) is 5.77. The van der Waals surface area contributed by atoms with Crippen LogP contribution in [0.4, 0.5) is 51.2 Å². The monoisotopic (exact) mass is 887 g/mol. The Morgan fingerprint density at radius 2 is 0.614 bits per heavy atom. The molecule has 13 aromatic rings. The first-order valence-electron chi connectivity index (χ1n) is 24.3. The van der Waals surface area contributed by atoms with Crippen molar-refractivity contribution in [2.75, 3.05) is 14.7 Å². The molecule has 0 fully saturated rings. The van der Waals surface area contributed by atoms with Gasteiger partial charge >= 0.3 is 0 Å². The van der Waals surface area contributed by atoms with E-state index >= 15 is 0 Å². The van der Waals surface area contributed by atoms with Crippen LogP contribution in [0.3, 0.4) is 0 Å². The summed E-state index contributed by atoms with van der Waals surface area (Å²) in [7, 11) is 0. The third-order valence-electron chi connectivity index (χ3n) is 15.1. The minimum atomic E-state index is -0.0782. The van der Waals surface area contributed by atoms with Crippen molar-refractivity contribution in [1.29, 1.82) is 0 Å². The predicted octanol–water partition coefficient (Wildman–Crippen LogP) is 16.2. The molecule has 70 heavy (non-hydrogen) atoms. The van der Waals surface area contributed by atoms with E-state index < -0.39 is 0 Å². The number of hydrogen-bond acceptors (Lipinski definition) is 3. The van der Waals surface area contributed by atoms with E-state index in [2.05, 4.69) is 269 Å². The lowest BCUT2D eigenvalue weighted by Crippen LogP contribution is -2.61. The second-order valence-electron chi connectivity index (χ2n) is 18.8. The maximum atomic E-state index is 2.62. The van der Waals surface area contributed by atoms with Crippen molar-refractivity contribution in [2.24, 2.45) is 0 Å². The average molecular weight is 888 g/mol. The molecule has 2 aliphatic rings. The molecule has 0 atom stereocenters. The molecule has 4 heteroatoms. The predicted molar refractivity (Wildman–Crippen MR) is 300 cm³/mol. The Kier molecular flexibility index (Phi) is 8.45. The molecular formula is C66H42BN3. The van der Waals surface area contributed by atoms with Crippen molar-refractivity contribution in [3.8, 4) is 0 Å². The van der Waals surface area contributed by atoms with E-state index in [1.807, 2.05) is 0 Å². The Morgan fingerprint density at radius 3 is 1.07 bits per heavy atom. The molecule has 13 aromatic carbocycles. The molecule has 2 aliphatic heterocycles. The lowest BCUT2D eigenvalue weighted by Gasteiger charge is -2.46. The summed E-state index contributed by atoms with van der Waals surface area (Å²) >= 11 is 0. The summed E-state index contributed by atoms with van der Waals surface area (Å²) in [4.78, 5) is 7.72. The van der Waals surface area contributed by atoms with E-state index in [1.54, 1.807) is 0 Å². The molecular weight excluding hydrogens is 846 g/mol. The molecule has 0 N–H and O–H groups in total. The van der Waals surface area contributed by atoms with Crippen LogP contribution in [0.25, 0.3) is 64.6 Å². The van der Waals surface area contributed by atoms with Crippen molar-refractivity contribution in [1.82, 2.24) is 0 Å². The van der Waals surface area contributed by atoms with Crippen molar-refractivity contribution in [3.63, 3.8) is 0 Å². The van der Waals surface area contributed by atoms with Crippen LogP contribution >= 0.6 is 0 Å². The number of benzene rings is 13. The van der Waals surface area contributed by atoms with E-state index in [4.69, 9.17) is 0 Å². The SMILES string of the molecule is c1ccc2cc(N(c3cc4c5c(c3)N(c3cccc6ccccc36)c3c(ccc6ccccc36)B5c3ccc5ccccc5c3N4c3cccc4ccccc34)c3ccc4ccccc4c3)ccc2c1. The number of anilines is 9. The van der Waals surface area contributed by atoms with Crippen molar-refractivity contribution < 1.29 is 0 Å². The van der Waals surface area contributed by atoms with Gasteiger partial charge in [-0.2, -0.15) is 0 Å². The summed E-state index contributed by atoms with van der Waals surface area (Å²) in [6.45, 7) is -0.0782. The quantitative estimate of drug-likeness (QED) is 0.159. The van der Waals surface area contributed by atoms with Gasteiger partial charge in [-0.25, -0.2) is 0 Å². The van der Waals surface area contributed by atoms with Crippen molar-refractivity contribution in [2.45, 2.75) is 0 Å². The molecule has 324 valence electrons. The van der Waals surface area contributed by atoms with Crippen LogP contribution in [-0.4, -0.2) is 6.71 Å². The Labute approximate surface area is 406 Å². The third-order valence-corrected chi connectivity index (χ3v) is 15.1. The second-order valence-corrected chi connectivity index (χ2v) is 18.8. The molecule has 0 saturated heterocycles. The van der Waals surface area contributed by atoms with Gasteiger partial charge in [-0.3, -0.25) is 0 Å². The van der Waals surface area contributed by atoms with Gasteiger partial charge < -0.3 is 14.7 Å². The Hall–Kier alpha value is -9.12. The molecule has 0 aromatic heterocycles. The molecule has 0 saturated carbocycles. The van der Waals surface area contributed by atoms with Crippen LogP contribution in [0.2, 0.25) is 0 Å². The van der Waals surface area contributed by atoms with Gasteiger partial charge in [0.15, 0.2) is 0 Å². The number of nitrogens with zero attached hydrogens (tertiary/aromatic N) is 3. The number of rotatable bonds is 5. The van der Waals surface area contributed by atoms with Gasteiger partial charge in [-0.1, -0.05) is 206 Å². The highest BCUT2D eigenvalue weighted by atomic mass is 15.2. The van der Waals surface area contributed by atoms with Crippen LogP contribution in [0.1, 0.15) is 0 Å². The van der Waals surface area contributed by atoms with Crippen molar-refractivity contribution in [3.05, 3.63) is 255 Å². The minimum Gasteiger partial charge on any atom is -0.310 e. The van der Waals surface area contributed by atoms with Gasteiger partial charge in [0.1, 0.15) is 0 Å². The zero-order valence-electron chi connectivity index (χ0n) is 38.2. The standard InChI is InChI=1S/C66H42BN3/c1-3-21-49-39-51(35-31-43(49)15-1)68(52-36-32-44-16-2-4-22-50(44)40-52)53-41-62-64-63(42-53)70(61-30-14-24-46-18-6-10-26-55(46)61)66-57-28-12-8-20-48(57)34-38-59(66)67(64)58-37-33-47-19-7-11-27-56(47)65(58)69(62)60-29-13-23-45-17-5-9-25-54(45)60/h1-42H. The molecule has 15 rings (SSSR count). The second kappa shape index (κ2) is 15.2. The highest BCUT2D eigenvalue weighted by Crippen LogP contribution is 2.52. The average Bonchev–Trinajstić information content (AvgIpc) is 3.42. The van der Waals surface area contributed by atoms with Gasteiger partial charge in [0.05, 0.1) is 17.1 Å². The fraction of sp³-hybridized carbons (Fsp3) is 0. The normalized spacial score (nSPS) is 12.8. The van der Waals surface area contributed by atoms with Crippen LogP contribution in [0, 0.1) is 0 Å². The van der Waals surface area contributed by atoms with Crippen LogP contribution in [0.5, 0.6) is 0 Å². The van der Waals surface area contributed by atoms with E-state index in [-0.39, 0.29) is 6.71 Å². The van der Waals surface area contributed by atoms with E-state index in [1.165, 1.54) is 92.4 Å². The van der Waals surface area contributed by atoms with Gasteiger partial charge in [-0.05, 0) is 108 Å². The molecule has 3 nitrogen and oxygen atoms in total. The fourth-order valence-corrected chi connectivity index (χ4v) is 12.0. The number of hydrogen-bond donors (Lipinski definition) is 0. The summed E-state index contributed by atoms with van der Waals surface area (Å²) in [5, 5.41) is 14.5. The summed E-state index contributed by atoms with van der Waals surface area (Å²) < 4.78 is 0. The molecule has 0 amide bonds. The topological polar surface area (TPSA) is 9.72 Å². The van der Waals surface area contributed by atoms with E-state index in [0.717, 1.165) is 39.8 Å². The maximum Gasteiger partial charge on any atom is 0.252 e. The summed E-state index contributed by atoms with van der Waals surface area (Å²) in [6.07, 6.45) is 0. The molecule has 0 bridgehead atoms. The molecule has 0 unspecified atom stereocenters. The van der Waals surface area contributed by atoms with Crippen molar-refractivity contribution >= 4 is 139 Å². The molecule has 0 spiro atoms.